The SMILES string of the molecule is Nc1ccc(Oc2ccc(-c3nc4cc(C(=O)O)ccc4[nH]3)cc2)cc1. The highest BCUT2D eigenvalue weighted by Gasteiger charge is 2.09. The standard InChI is InChI=1S/C20H15N3O3/c21-14-4-8-16(9-5-14)26-15-6-1-12(2-7-15)19-22-17-10-3-13(20(24)25)11-18(17)23-19/h1-11H,21H2,(H,22,23)(H,24,25). The lowest BCUT2D eigenvalue weighted by atomic mass is 10.2. The van der Waals surface area contributed by atoms with Gasteiger partial charge in [0, 0.05) is 11.3 Å². The number of nitrogens with zero attached hydrogens (tertiary/aromatic N) is 1. The van der Waals surface area contributed by atoms with Gasteiger partial charge in [-0.15, -0.1) is 0 Å². The summed E-state index contributed by atoms with van der Waals surface area (Å²) in [5, 5.41) is 9.08. The number of aromatic carboxylic acids is 1. The predicted molar refractivity (Wildman–Crippen MR) is 99.4 cm³/mol. The second kappa shape index (κ2) is 6.25. The first-order chi connectivity index (χ1) is 12.6. The molecular weight excluding hydrogens is 330 g/mol. The first kappa shape index (κ1) is 15.7. The second-order valence-corrected chi connectivity index (χ2v) is 5.82. The average molecular weight is 345 g/mol. The summed E-state index contributed by atoms with van der Waals surface area (Å²) in [7, 11) is 0. The molecule has 0 unspecified atom stereocenters. The maximum atomic E-state index is 11.1. The highest BCUT2D eigenvalue weighted by molar-refractivity contribution is 5.93. The summed E-state index contributed by atoms with van der Waals surface area (Å²) in [4.78, 5) is 18.7. The monoisotopic (exact) mass is 345 g/mol. The first-order valence-corrected chi connectivity index (χ1v) is 7.95. The number of carbonyl (C=O) groups is 1. The second-order valence-electron chi connectivity index (χ2n) is 5.82. The molecule has 0 spiro atoms. The van der Waals surface area contributed by atoms with Crippen LogP contribution in [0, 0.1) is 0 Å². The molecule has 0 fully saturated rings. The molecule has 3 aromatic carbocycles. The molecule has 0 amide bonds. The number of H-pyrrole nitrogens is 1. The van der Waals surface area contributed by atoms with Crippen LogP contribution in [0.15, 0.2) is 66.7 Å². The lowest BCUT2D eigenvalue weighted by molar-refractivity contribution is 0.0697. The normalized spacial score (nSPS) is 10.8. The predicted octanol–water partition coefficient (Wildman–Crippen LogP) is 4.30. The fourth-order valence-electron chi connectivity index (χ4n) is 2.63. The van der Waals surface area contributed by atoms with Gasteiger partial charge in [0.05, 0.1) is 16.6 Å². The zero-order chi connectivity index (χ0) is 18.1. The van der Waals surface area contributed by atoms with E-state index >= 15 is 0 Å². The number of fused-ring (bicyclic) bond motifs is 1. The van der Waals surface area contributed by atoms with Crippen molar-refractivity contribution in [2.45, 2.75) is 0 Å². The van der Waals surface area contributed by atoms with Crippen LogP contribution in [0.5, 0.6) is 11.5 Å². The third-order valence-corrected chi connectivity index (χ3v) is 3.97. The molecule has 4 rings (SSSR count). The molecule has 0 atom stereocenters. The molecule has 0 saturated carbocycles. The molecule has 4 N–H and O–H groups in total. The Hall–Kier alpha value is -3.80. The number of nitrogens with two attached hydrogens (primary N) is 1. The van der Waals surface area contributed by atoms with Crippen LogP contribution >= 0.6 is 0 Å². The molecular formula is C20H15N3O3. The van der Waals surface area contributed by atoms with Gasteiger partial charge < -0.3 is 20.6 Å². The van der Waals surface area contributed by atoms with E-state index in [2.05, 4.69) is 9.97 Å². The van der Waals surface area contributed by atoms with Crippen molar-refractivity contribution in [1.82, 2.24) is 9.97 Å². The molecule has 1 heterocycles. The van der Waals surface area contributed by atoms with E-state index in [1.807, 2.05) is 36.4 Å². The van der Waals surface area contributed by atoms with Crippen LogP contribution in [0.1, 0.15) is 10.4 Å². The smallest absolute Gasteiger partial charge is 0.335 e. The maximum absolute atomic E-state index is 11.1. The van der Waals surface area contributed by atoms with E-state index in [-0.39, 0.29) is 5.56 Å². The number of ether oxygens (including phenoxy) is 1. The summed E-state index contributed by atoms with van der Waals surface area (Å²) >= 11 is 0. The minimum Gasteiger partial charge on any atom is -0.478 e. The number of aromatic amines is 1. The third kappa shape index (κ3) is 3.08. The largest absolute Gasteiger partial charge is 0.478 e. The Balaban J connectivity index is 1.59. The van der Waals surface area contributed by atoms with Gasteiger partial charge in [-0.3, -0.25) is 0 Å². The van der Waals surface area contributed by atoms with Crippen LogP contribution in [-0.2, 0) is 0 Å². The highest BCUT2D eigenvalue weighted by Crippen LogP contribution is 2.26. The van der Waals surface area contributed by atoms with Gasteiger partial charge in [-0.05, 0) is 66.7 Å². The summed E-state index contributed by atoms with van der Waals surface area (Å²) in [6.45, 7) is 0. The Morgan fingerprint density at radius 2 is 1.62 bits per heavy atom. The lowest BCUT2D eigenvalue weighted by Crippen LogP contribution is -1.94. The number of hydrogen-bond acceptors (Lipinski definition) is 4. The van der Waals surface area contributed by atoms with Crippen LogP contribution in [0.4, 0.5) is 5.69 Å². The van der Waals surface area contributed by atoms with E-state index in [0.717, 1.165) is 11.1 Å². The Kier molecular flexibility index (Phi) is 3.78. The number of aromatic nitrogens is 2. The van der Waals surface area contributed by atoms with Crippen molar-refractivity contribution in [3.05, 3.63) is 72.3 Å². The molecule has 0 aliphatic rings. The summed E-state index contributed by atoms with van der Waals surface area (Å²) in [6, 6.07) is 19.5. The number of benzene rings is 3. The van der Waals surface area contributed by atoms with Crippen molar-refractivity contribution in [2.75, 3.05) is 5.73 Å². The van der Waals surface area contributed by atoms with Gasteiger partial charge in [0.2, 0.25) is 0 Å². The molecule has 4 aromatic rings. The Bertz CT molecular complexity index is 1080. The zero-order valence-electron chi connectivity index (χ0n) is 13.6. The van der Waals surface area contributed by atoms with Crippen molar-refractivity contribution in [1.29, 1.82) is 0 Å². The minimum absolute atomic E-state index is 0.211. The van der Waals surface area contributed by atoms with E-state index in [1.165, 1.54) is 0 Å². The minimum atomic E-state index is -0.972. The molecule has 0 aliphatic heterocycles. The van der Waals surface area contributed by atoms with E-state index in [0.29, 0.717) is 28.5 Å². The summed E-state index contributed by atoms with van der Waals surface area (Å²) < 4.78 is 5.77. The van der Waals surface area contributed by atoms with E-state index in [9.17, 15) is 4.79 Å². The Morgan fingerprint density at radius 1 is 0.962 bits per heavy atom. The Morgan fingerprint density at radius 3 is 2.27 bits per heavy atom. The number of rotatable bonds is 4. The topological polar surface area (TPSA) is 101 Å². The van der Waals surface area contributed by atoms with Crippen molar-refractivity contribution in [2.24, 2.45) is 0 Å². The number of hydrogen-bond donors (Lipinski definition) is 3. The zero-order valence-corrected chi connectivity index (χ0v) is 13.6. The van der Waals surface area contributed by atoms with Gasteiger partial charge in [0.25, 0.3) is 0 Å². The van der Waals surface area contributed by atoms with Gasteiger partial charge in [-0.1, -0.05) is 0 Å². The molecule has 0 saturated heterocycles. The number of anilines is 1. The average Bonchev–Trinajstić information content (AvgIpc) is 3.07. The molecule has 128 valence electrons. The van der Waals surface area contributed by atoms with E-state index in [1.54, 1.807) is 30.3 Å². The van der Waals surface area contributed by atoms with E-state index in [4.69, 9.17) is 15.6 Å². The molecule has 0 bridgehead atoms. The van der Waals surface area contributed by atoms with Gasteiger partial charge in [0.1, 0.15) is 17.3 Å². The fraction of sp³-hybridized carbons (Fsp3) is 0. The summed E-state index contributed by atoms with van der Waals surface area (Å²) in [5.74, 6) is 1.10. The lowest BCUT2D eigenvalue weighted by Gasteiger charge is -2.06. The van der Waals surface area contributed by atoms with Crippen molar-refractivity contribution >= 4 is 22.7 Å². The summed E-state index contributed by atoms with van der Waals surface area (Å²) in [6.07, 6.45) is 0. The van der Waals surface area contributed by atoms with Gasteiger partial charge in [-0.25, -0.2) is 9.78 Å². The number of carboxylic acids is 1. The number of imidazole rings is 1. The van der Waals surface area contributed by atoms with Gasteiger partial charge in [0.15, 0.2) is 0 Å². The molecule has 26 heavy (non-hydrogen) atoms. The Labute approximate surface area is 148 Å². The van der Waals surface area contributed by atoms with Crippen molar-refractivity contribution in [3.8, 4) is 22.9 Å². The van der Waals surface area contributed by atoms with Crippen molar-refractivity contribution in [3.63, 3.8) is 0 Å². The summed E-state index contributed by atoms with van der Waals surface area (Å²) in [5.41, 5.74) is 8.83. The van der Waals surface area contributed by atoms with Crippen molar-refractivity contribution < 1.29 is 14.6 Å². The van der Waals surface area contributed by atoms with Crippen LogP contribution in [0.2, 0.25) is 0 Å². The first-order valence-electron chi connectivity index (χ1n) is 7.95. The third-order valence-electron chi connectivity index (χ3n) is 3.97. The van der Waals surface area contributed by atoms with Crippen LogP contribution in [-0.4, -0.2) is 21.0 Å². The number of carboxylic acid groups (broad SMARTS) is 1. The molecule has 6 heteroatoms. The molecule has 1 aromatic heterocycles. The molecule has 0 radical (unpaired) electrons. The fourth-order valence-corrected chi connectivity index (χ4v) is 2.63. The quantitative estimate of drug-likeness (QED) is 0.479. The van der Waals surface area contributed by atoms with Crippen LogP contribution < -0.4 is 10.5 Å². The van der Waals surface area contributed by atoms with Gasteiger partial charge >= 0.3 is 5.97 Å². The maximum Gasteiger partial charge on any atom is 0.335 e. The number of nitrogen functional groups attached to an aromatic ring is 1. The molecule has 6 nitrogen and oxygen atoms in total. The van der Waals surface area contributed by atoms with Crippen LogP contribution in [0.3, 0.4) is 0 Å². The number of nitrogens with one attached hydrogen (secondary N) is 1. The van der Waals surface area contributed by atoms with Crippen LogP contribution in [0.25, 0.3) is 22.4 Å². The van der Waals surface area contributed by atoms with Gasteiger partial charge in [-0.2, -0.15) is 0 Å². The van der Waals surface area contributed by atoms with E-state index < -0.39 is 5.97 Å². The highest BCUT2D eigenvalue weighted by atomic mass is 16.5. The molecule has 0 aliphatic carbocycles.